The first-order valence-electron chi connectivity index (χ1n) is 4.82. The molecule has 5 heteroatoms. The zero-order valence-electron chi connectivity index (χ0n) is 8.82. The Hall–Kier alpha value is 0.580. The van der Waals surface area contributed by atoms with Gasteiger partial charge in [0.2, 0.25) is 0 Å². The van der Waals surface area contributed by atoms with Crippen molar-refractivity contribution in [1.82, 2.24) is 5.32 Å². The molecule has 0 radical (unpaired) electrons. The van der Waals surface area contributed by atoms with Crippen LogP contribution in [0.3, 0.4) is 0 Å². The highest BCUT2D eigenvalue weighted by Crippen LogP contribution is 2.23. The number of rotatable bonds is 6. The van der Waals surface area contributed by atoms with Crippen molar-refractivity contribution in [2.75, 3.05) is 44.6 Å². The summed E-state index contributed by atoms with van der Waals surface area (Å²) in [6, 6.07) is 0. The van der Waals surface area contributed by atoms with Crippen molar-refractivity contribution in [3.8, 4) is 0 Å². The fourth-order valence-corrected chi connectivity index (χ4v) is 3.93. The lowest BCUT2D eigenvalue weighted by atomic mass is 10.4. The lowest BCUT2D eigenvalue weighted by molar-refractivity contribution is -0.0985. The molecule has 1 atom stereocenters. The van der Waals surface area contributed by atoms with Gasteiger partial charge in [-0.05, 0) is 0 Å². The van der Waals surface area contributed by atoms with E-state index >= 15 is 0 Å². The van der Waals surface area contributed by atoms with Crippen LogP contribution in [-0.2, 0) is 9.47 Å². The zero-order chi connectivity index (χ0) is 10.2. The smallest absolute Gasteiger partial charge is 0.169 e. The third kappa shape index (κ3) is 4.89. The zero-order valence-corrected chi connectivity index (χ0v) is 10.5. The van der Waals surface area contributed by atoms with Crippen LogP contribution in [0, 0.1) is 0 Å². The summed E-state index contributed by atoms with van der Waals surface area (Å²) in [7, 11) is 3.34. The highest BCUT2D eigenvalue weighted by Gasteiger charge is 2.14. The topological polar surface area (TPSA) is 30.5 Å². The average molecular weight is 237 g/mol. The first-order chi connectivity index (χ1) is 6.86. The summed E-state index contributed by atoms with van der Waals surface area (Å²) in [5.74, 6) is 3.86. The van der Waals surface area contributed by atoms with Gasteiger partial charge in [0.05, 0.1) is 0 Å². The second-order valence-corrected chi connectivity index (χ2v) is 5.69. The van der Waals surface area contributed by atoms with Gasteiger partial charge in [0, 0.05) is 49.8 Å². The molecule has 1 unspecified atom stereocenters. The molecular formula is C9H19NO2S2. The molecule has 84 valence electrons. The van der Waals surface area contributed by atoms with Gasteiger partial charge < -0.3 is 14.8 Å². The standard InChI is InChI=1S/C9H19NO2S2/c1-11-9(12-2)6-10-5-8-7-13-3-4-14-8/h8-10H,3-7H2,1-2H3. The molecular weight excluding hydrogens is 218 g/mol. The van der Waals surface area contributed by atoms with E-state index < -0.39 is 0 Å². The van der Waals surface area contributed by atoms with E-state index in [1.165, 1.54) is 17.3 Å². The molecule has 0 amide bonds. The van der Waals surface area contributed by atoms with Gasteiger partial charge in [-0.25, -0.2) is 0 Å². The Morgan fingerprint density at radius 2 is 2.14 bits per heavy atom. The summed E-state index contributed by atoms with van der Waals surface area (Å²) in [6.07, 6.45) is -0.115. The van der Waals surface area contributed by atoms with Gasteiger partial charge in [-0.1, -0.05) is 0 Å². The fraction of sp³-hybridized carbons (Fsp3) is 1.00. The number of thioether (sulfide) groups is 2. The Morgan fingerprint density at radius 1 is 1.36 bits per heavy atom. The minimum Gasteiger partial charge on any atom is -0.355 e. The van der Waals surface area contributed by atoms with Gasteiger partial charge in [-0.2, -0.15) is 23.5 Å². The van der Waals surface area contributed by atoms with E-state index in [2.05, 4.69) is 28.8 Å². The van der Waals surface area contributed by atoms with E-state index in [-0.39, 0.29) is 6.29 Å². The molecule has 0 spiro atoms. The molecule has 0 aromatic rings. The van der Waals surface area contributed by atoms with E-state index in [1.54, 1.807) is 14.2 Å². The number of methoxy groups -OCH3 is 2. The Morgan fingerprint density at radius 3 is 2.71 bits per heavy atom. The number of ether oxygens (including phenoxy) is 2. The number of hydrogen-bond donors (Lipinski definition) is 1. The van der Waals surface area contributed by atoms with Crippen LogP contribution in [0.1, 0.15) is 0 Å². The van der Waals surface area contributed by atoms with Gasteiger partial charge in [-0.3, -0.25) is 0 Å². The summed E-state index contributed by atoms with van der Waals surface area (Å²) in [6.45, 7) is 1.83. The number of nitrogens with one attached hydrogen (secondary N) is 1. The van der Waals surface area contributed by atoms with Crippen LogP contribution in [0.25, 0.3) is 0 Å². The van der Waals surface area contributed by atoms with Crippen LogP contribution in [0.5, 0.6) is 0 Å². The Kier molecular flexibility index (Phi) is 7.06. The van der Waals surface area contributed by atoms with Gasteiger partial charge in [0.1, 0.15) is 0 Å². The van der Waals surface area contributed by atoms with Crippen LogP contribution in [0.2, 0.25) is 0 Å². The average Bonchev–Trinajstić information content (AvgIpc) is 2.26. The maximum absolute atomic E-state index is 5.09. The van der Waals surface area contributed by atoms with Crippen LogP contribution >= 0.6 is 23.5 Å². The van der Waals surface area contributed by atoms with Crippen molar-refractivity contribution in [3.05, 3.63) is 0 Å². The van der Waals surface area contributed by atoms with Gasteiger partial charge in [-0.15, -0.1) is 0 Å². The van der Waals surface area contributed by atoms with Gasteiger partial charge in [0.25, 0.3) is 0 Å². The fourth-order valence-electron chi connectivity index (χ4n) is 1.28. The van der Waals surface area contributed by atoms with Crippen molar-refractivity contribution in [1.29, 1.82) is 0 Å². The van der Waals surface area contributed by atoms with Crippen molar-refractivity contribution >= 4 is 23.5 Å². The van der Waals surface area contributed by atoms with Crippen molar-refractivity contribution in [3.63, 3.8) is 0 Å². The monoisotopic (exact) mass is 237 g/mol. The molecule has 0 aliphatic carbocycles. The van der Waals surface area contributed by atoms with Gasteiger partial charge >= 0.3 is 0 Å². The molecule has 14 heavy (non-hydrogen) atoms. The molecule has 1 aliphatic heterocycles. The van der Waals surface area contributed by atoms with E-state index in [0.717, 1.165) is 18.3 Å². The molecule has 1 saturated heterocycles. The second kappa shape index (κ2) is 7.82. The predicted octanol–water partition coefficient (Wildman–Crippen LogP) is 1.04. The molecule has 0 bridgehead atoms. The summed E-state index contributed by atoms with van der Waals surface area (Å²) >= 11 is 4.12. The first-order valence-corrected chi connectivity index (χ1v) is 7.02. The van der Waals surface area contributed by atoms with Crippen molar-refractivity contribution < 1.29 is 9.47 Å². The van der Waals surface area contributed by atoms with E-state index in [1.807, 2.05) is 0 Å². The molecule has 1 heterocycles. The highest BCUT2D eigenvalue weighted by atomic mass is 32.2. The van der Waals surface area contributed by atoms with Crippen LogP contribution in [-0.4, -0.2) is 56.1 Å². The second-order valence-electron chi connectivity index (χ2n) is 3.13. The van der Waals surface area contributed by atoms with Crippen LogP contribution in [0.15, 0.2) is 0 Å². The van der Waals surface area contributed by atoms with Gasteiger partial charge in [0.15, 0.2) is 6.29 Å². The number of hydrogen-bond acceptors (Lipinski definition) is 5. The maximum Gasteiger partial charge on any atom is 0.169 e. The predicted molar refractivity (Wildman–Crippen MR) is 64.2 cm³/mol. The molecule has 0 saturated carbocycles. The summed E-state index contributed by atoms with van der Waals surface area (Å²) in [4.78, 5) is 0. The third-order valence-corrected chi connectivity index (χ3v) is 4.94. The minimum atomic E-state index is -0.115. The van der Waals surface area contributed by atoms with Crippen molar-refractivity contribution in [2.45, 2.75) is 11.5 Å². The van der Waals surface area contributed by atoms with Crippen LogP contribution in [0.4, 0.5) is 0 Å². The van der Waals surface area contributed by atoms with Crippen LogP contribution < -0.4 is 5.32 Å². The first kappa shape index (κ1) is 12.6. The van der Waals surface area contributed by atoms with E-state index in [0.29, 0.717) is 0 Å². The Balaban J connectivity index is 2.01. The normalized spacial score (nSPS) is 22.9. The van der Waals surface area contributed by atoms with Crippen molar-refractivity contribution in [2.24, 2.45) is 0 Å². The summed E-state index contributed by atoms with van der Waals surface area (Å²) < 4.78 is 10.2. The molecule has 1 fully saturated rings. The molecule has 0 aromatic carbocycles. The highest BCUT2D eigenvalue weighted by molar-refractivity contribution is 8.06. The molecule has 0 aromatic heterocycles. The lowest BCUT2D eigenvalue weighted by Gasteiger charge is -2.22. The maximum atomic E-state index is 5.09. The van der Waals surface area contributed by atoms with E-state index in [4.69, 9.17) is 9.47 Å². The summed E-state index contributed by atoms with van der Waals surface area (Å²) in [5.41, 5.74) is 0. The third-order valence-electron chi connectivity index (χ3n) is 2.09. The molecule has 1 rings (SSSR count). The SMILES string of the molecule is COC(CNCC1CSCCS1)OC. The van der Waals surface area contributed by atoms with E-state index in [9.17, 15) is 0 Å². The lowest BCUT2D eigenvalue weighted by Crippen LogP contribution is -2.35. The Bertz CT molecular complexity index is 139. The minimum absolute atomic E-state index is 0.115. The molecule has 3 nitrogen and oxygen atoms in total. The largest absolute Gasteiger partial charge is 0.355 e. The molecule has 1 N–H and O–H groups in total. The quantitative estimate of drug-likeness (QED) is 0.698. The Labute approximate surface area is 94.7 Å². The summed E-state index contributed by atoms with van der Waals surface area (Å²) in [5, 5.41) is 4.13. The molecule has 1 aliphatic rings.